The molecule has 0 aliphatic heterocycles. The van der Waals surface area contributed by atoms with Gasteiger partial charge in [-0.2, -0.15) is 5.10 Å². The molecule has 0 radical (unpaired) electrons. The molecule has 0 saturated heterocycles. The SMILES string of the molecule is CCOc1cc(/C=N/NC(=O)c2ccc(OCc3ccccc3)c(OC)c2)cc(I)c1O. The summed E-state index contributed by atoms with van der Waals surface area (Å²) in [6.07, 6.45) is 1.48. The van der Waals surface area contributed by atoms with Crippen molar-refractivity contribution in [1.82, 2.24) is 5.43 Å². The quantitative estimate of drug-likeness (QED) is 0.230. The lowest BCUT2D eigenvalue weighted by molar-refractivity contribution is 0.0954. The number of phenols is 1. The zero-order valence-corrected chi connectivity index (χ0v) is 19.8. The van der Waals surface area contributed by atoms with Gasteiger partial charge < -0.3 is 19.3 Å². The van der Waals surface area contributed by atoms with E-state index in [-0.39, 0.29) is 5.75 Å². The van der Waals surface area contributed by atoms with Crippen molar-refractivity contribution in [3.63, 3.8) is 0 Å². The Morgan fingerprint density at radius 1 is 1.06 bits per heavy atom. The Morgan fingerprint density at radius 2 is 1.84 bits per heavy atom. The number of carbonyl (C=O) groups excluding carboxylic acids is 1. The summed E-state index contributed by atoms with van der Waals surface area (Å²) < 4.78 is 17.2. The van der Waals surface area contributed by atoms with Gasteiger partial charge >= 0.3 is 0 Å². The molecule has 0 fully saturated rings. The fourth-order valence-electron chi connectivity index (χ4n) is 2.83. The average molecular weight is 546 g/mol. The molecule has 0 aromatic heterocycles. The van der Waals surface area contributed by atoms with Crippen LogP contribution in [0.2, 0.25) is 0 Å². The standard InChI is InChI=1S/C24H23IN2O5/c1-3-31-22-12-17(11-19(25)23(22)28)14-26-27-24(29)18-9-10-20(21(13-18)30-2)32-15-16-7-5-4-6-8-16/h4-14,28H,3,15H2,1-2H3,(H,27,29)/b26-14+. The van der Waals surface area contributed by atoms with Gasteiger partial charge in [-0.05, 0) is 71.0 Å². The van der Waals surface area contributed by atoms with E-state index in [9.17, 15) is 9.90 Å². The second kappa shape index (κ2) is 11.4. The predicted molar refractivity (Wildman–Crippen MR) is 131 cm³/mol. The van der Waals surface area contributed by atoms with Crippen LogP contribution >= 0.6 is 22.6 Å². The monoisotopic (exact) mass is 546 g/mol. The number of aromatic hydroxyl groups is 1. The number of hydrazone groups is 1. The summed E-state index contributed by atoms with van der Waals surface area (Å²) in [5, 5.41) is 14.0. The van der Waals surface area contributed by atoms with E-state index in [1.165, 1.54) is 13.3 Å². The maximum Gasteiger partial charge on any atom is 0.271 e. The molecule has 0 spiro atoms. The lowest BCUT2D eigenvalue weighted by Crippen LogP contribution is -2.17. The molecule has 0 aliphatic rings. The Kier molecular flexibility index (Phi) is 8.32. The summed E-state index contributed by atoms with van der Waals surface area (Å²) in [5.74, 6) is 1.04. The van der Waals surface area contributed by atoms with Gasteiger partial charge in [-0.3, -0.25) is 4.79 Å². The summed E-state index contributed by atoms with van der Waals surface area (Å²) in [4.78, 5) is 12.5. The van der Waals surface area contributed by atoms with Crippen LogP contribution in [0.15, 0.2) is 65.8 Å². The third kappa shape index (κ3) is 6.13. The second-order valence-corrected chi connectivity index (χ2v) is 7.78. The van der Waals surface area contributed by atoms with Gasteiger partial charge in [0, 0.05) is 5.56 Å². The smallest absolute Gasteiger partial charge is 0.271 e. The number of nitrogens with zero attached hydrogens (tertiary/aromatic N) is 1. The minimum absolute atomic E-state index is 0.0790. The number of halogens is 1. The number of hydrogen-bond donors (Lipinski definition) is 2. The molecule has 2 N–H and O–H groups in total. The fourth-order valence-corrected chi connectivity index (χ4v) is 3.45. The van der Waals surface area contributed by atoms with Crippen LogP contribution in [0, 0.1) is 3.57 Å². The molecule has 0 aliphatic carbocycles. The van der Waals surface area contributed by atoms with Crippen LogP contribution in [-0.2, 0) is 6.61 Å². The highest BCUT2D eigenvalue weighted by atomic mass is 127. The third-order valence-corrected chi connectivity index (χ3v) is 5.22. The van der Waals surface area contributed by atoms with E-state index in [0.717, 1.165) is 5.56 Å². The molecule has 0 saturated carbocycles. The first kappa shape index (κ1) is 23.4. The highest BCUT2D eigenvalue weighted by Crippen LogP contribution is 2.32. The Hall–Kier alpha value is -3.27. The van der Waals surface area contributed by atoms with Gasteiger partial charge in [0.05, 0.1) is 23.5 Å². The maximum absolute atomic E-state index is 12.5. The summed E-state index contributed by atoms with van der Waals surface area (Å²) in [5.41, 5.74) is 4.57. The number of rotatable bonds is 9. The minimum atomic E-state index is -0.396. The zero-order chi connectivity index (χ0) is 22.9. The van der Waals surface area contributed by atoms with Crippen molar-refractivity contribution in [2.24, 2.45) is 5.10 Å². The minimum Gasteiger partial charge on any atom is -0.504 e. The molecule has 8 heteroatoms. The lowest BCUT2D eigenvalue weighted by Gasteiger charge is -2.12. The summed E-state index contributed by atoms with van der Waals surface area (Å²) in [6, 6.07) is 18.1. The fraction of sp³-hybridized carbons (Fsp3) is 0.167. The van der Waals surface area contributed by atoms with E-state index in [1.54, 1.807) is 30.3 Å². The highest BCUT2D eigenvalue weighted by Gasteiger charge is 2.12. The average Bonchev–Trinajstić information content (AvgIpc) is 2.81. The summed E-state index contributed by atoms with van der Waals surface area (Å²) in [6.45, 7) is 2.65. The van der Waals surface area contributed by atoms with Gasteiger partial charge in [-0.15, -0.1) is 0 Å². The van der Waals surface area contributed by atoms with Crippen molar-refractivity contribution >= 4 is 34.7 Å². The Bertz CT molecular complexity index is 1100. The first-order chi connectivity index (χ1) is 15.5. The molecule has 3 aromatic carbocycles. The van der Waals surface area contributed by atoms with Gasteiger partial charge in [0.15, 0.2) is 23.0 Å². The first-order valence-electron chi connectivity index (χ1n) is 9.85. The summed E-state index contributed by atoms with van der Waals surface area (Å²) in [7, 11) is 1.52. The maximum atomic E-state index is 12.5. The van der Waals surface area contributed by atoms with Crippen LogP contribution in [0.5, 0.6) is 23.0 Å². The Morgan fingerprint density at radius 3 is 2.56 bits per heavy atom. The number of amides is 1. The van der Waals surface area contributed by atoms with E-state index < -0.39 is 5.91 Å². The molecule has 166 valence electrons. The molecule has 0 atom stereocenters. The van der Waals surface area contributed by atoms with Gasteiger partial charge in [0.25, 0.3) is 5.91 Å². The topological polar surface area (TPSA) is 89.4 Å². The number of benzene rings is 3. The van der Waals surface area contributed by atoms with Crippen LogP contribution in [0.3, 0.4) is 0 Å². The van der Waals surface area contributed by atoms with Crippen LogP contribution in [0.1, 0.15) is 28.4 Å². The molecular weight excluding hydrogens is 523 g/mol. The number of carbonyl (C=O) groups is 1. The van der Waals surface area contributed by atoms with Crippen molar-refractivity contribution in [2.45, 2.75) is 13.5 Å². The molecule has 32 heavy (non-hydrogen) atoms. The van der Waals surface area contributed by atoms with E-state index >= 15 is 0 Å². The highest BCUT2D eigenvalue weighted by molar-refractivity contribution is 14.1. The van der Waals surface area contributed by atoms with Gasteiger partial charge in [0.2, 0.25) is 0 Å². The van der Waals surface area contributed by atoms with Crippen LogP contribution in [0.4, 0.5) is 0 Å². The van der Waals surface area contributed by atoms with Gasteiger partial charge in [-0.25, -0.2) is 5.43 Å². The van der Waals surface area contributed by atoms with Gasteiger partial charge in [0.1, 0.15) is 6.61 Å². The molecular formula is C24H23IN2O5. The Labute approximate surface area is 200 Å². The molecule has 0 unspecified atom stereocenters. The summed E-state index contributed by atoms with van der Waals surface area (Å²) >= 11 is 2.01. The molecule has 7 nitrogen and oxygen atoms in total. The number of hydrogen-bond acceptors (Lipinski definition) is 6. The molecule has 0 bridgehead atoms. The van der Waals surface area contributed by atoms with Crippen LogP contribution < -0.4 is 19.6 Å². The molecule has 1 amide bonds. The first-order valence-corrected chi connectivity index (χ1v) is 10.9. The normalized spacial score (nSPS) is 10.7. The van der Waals surface area contributed by atoms with Crippen molar-refractivity contribution in [1.29, 1.82) is 0 Å². The predicted octanol–water partition coefficient (Wildman–Crippen LogP) is 4.75. The van der Waals surface area contributed by atoms with Crippen molar-refractivity contribution in [3.8, 4) is 23.0 Å². The third-order valence-electron chi connectivity index (χ3n) is 4.39. The lowest BCUT2D eigenvalue weighted by atomic mass is 10.2. The second-order valence-electron chi connectivity index (χ2n) is 6.62. The zero-order valence-electron chi connectivity index (χ0n) is 17.7. The number of methoxy groups -OCH3 is 1. The van der Waals surface area contributed by atoms with Gasteiger partial charge in [-0.1, -0.05) is 30.3 Å². The number of nitrogens with one attached hydrogen (secondary N) is 1. The van der Waals surface area contributed by atoms with Crippen molar-refractivity contribution in [3.05, 3.63) is 80.9 Å². The largest absolute Gasteiger partial charge is 0.504 e. The van der Waals surface area contributed by atoms with Crippen LogP contribution in [-0.4, -0.2) is 30.9 Å². The number of ether oxygens (including phenoxy) is 3. The van der Waals surface area contributed by atoms with E-state index in [1.807, 2.05) is 59.8 Å². The Balaban J connectivity index is 1.66. The van der Waals surface area contributed by atoms with E-state index in [0.29, 0.717) is 45.2 Å². The number of phenolic OH excluding ortho intramolecular Hbond substituents is 1. The van der Waals surface area contributed by atoms with E-state index in [4.69, 9.17) is 14.2 Å². The van der Waals surface area contributed by atoms with E-state index in [2.05, 4.69) is 10.5 Å². The molecule has 3 rings (SSSR count). The molecule has 3 aromatic rings. The van der Waals surface area contributed by atoms with Crippen molar-refractivity contribution < 1.29 is 24.1 Å². The van der Waals surface area contributed by atoms with Crippen molar-refractivity contribution in [2.75, 3.05) is 13.7 Å². The molecule has 0 heterocycles. The van der Waals surface area contributed by atoms with Crippen LogP contribution in [0.25, 0.3) is 0 Å².